The average molecular weight is 208 g/mol. The first kappa shape index (κ1) is 12.8. The Kier molecular flexibility index (Phi) is 8.19. The van der Waals surface area contributed by atoms with Gasteiger partial charge < -0.3 is 5.11 Å². The van der Waals surface area contributed by atoms with Gasteiger partial charge >= 0.3 is 5.97 Å². The molecule has 0 heterocycles. The number of unbranched alkanes of at least 4 members (excludes halogenated alkanes) is 2. The third kappa shape index (κ3) is 11.8. The van der Waals surface area contributed by atoms with Crippen molar-refractivity contribution in [2.75, 3.05) is 11.5 Å². The fourth-order valence-electron chi connectivity index (χ4n) is 0.966. The van der Waals surface area contributed by atoms with Gasteiger partial charge in [0.1, 0.15) is 0 Å². The van der Waals surface area contributed by atoms with E-state index < -0.39 is 12.1 Å². The van der Waals surface area contributed by atoms with Gasteiger partial charge in [-0.3, -0.25) is 4.79 Å². The van der Waals surface area contributed by atoms with Gasteiger partial charge in [-0.25, -0.2) is 4.39 Å². The molecule has 0 spiro atoms. The normalized spacial score (nSPS) is 12.8. The quantitative estimate of drug-likeness (QED) is 0.623. The third-order valence-corrected chi connectivity index (χ3v) is 2.64. The molecule has 0 fully saturated rings. The number of carboxylic acids is 1. The summed E-state index contributed by atoms with van der Waals surface area (Å²) in [5.41, 5.74) is 0. The van der Waals surface area contributed by atoms with Crippen molar-refractivity contribution in [1.29, 1.82) is 0 Å². The zero-order chi connectivity index (χ0) is 10.1. The number of carbonyl (C=O) groups is 1. The minimum atomic E-state index is -0.762. The van der Waals surface area contributed by atoms with E-state index in [2.05, 4.69) is 0 Å². The molecule has 0 radical (unpaired) electrons. The second kappa shape index (κ2) is 8.35. The molecule has 0 aliphatic heterocycles. The molecule has 0 aromatic carbocycles. The first-order valence-electron chi connectivity index (χ1n) is 4.56. The Morgan fingerprint density at radius 1 is 1.46 bits per heavy atom. The maximum atomic E-state index is 12.3. The lowest BCUT2D eigenvalue weighted by molar-refractivity contribution is -0.133. The molecule has 4 heteroatoms. The summed E-state index contributed by atoms with van der Waals surface area (Å²) in [6.45, 7) is 1.57. The number of thioether (sulfide) groups is 1. The minimum Gasteiger partial charge on any atom is -0.481 e. The van der Waals surface area contributed by atoms with E-state index in [1.54, 1.807) is 6.92 Å². The summed E-state index contributed by atoms with van der Waals surface area (Å²) >= 11 is 1.43. The van der Waals surface area contributed by atoms with Crippen LogP contribution >= 0.6 is 11.8 Å². The van der Waals surface area contributed by atoms with Gasteiger partial charge in [0.25, 0.3) is 0 Å². The highest BCUT2D eigenvalue weighted by Crippen LogP contribution is 2.09. The van der Waals surface area contributed by atoms with E-state index in [1.807, 2.05) is 0 Å². The highest BCUT2D eigenvalue weighted by atomic mass is 32.2. The second-order valence-corrected chi connectivity index (χ2v) is 4.18. The number of halogens is 1. The Morgan fingerprint density at radius 2 is 2.15 bits per heavy atom. The van der Waals surface area contributed by atoms with E-state index in [9.17, 15) is 9.18 Å². The standard InChI is InChI=1S/C9H17FO2S/c1-8(10)5-3-2-4-6-13-7-9(11)12/h8H,2-7H2,1H3,(H,11,12). The number of alkyl halides is 1. The molecule has 1 atom stereocenters. The number of hydrogen-bond acceptors (Lipinski definition) is 2. The fourth-order valence-corrected chi connectivity index (χ4v) is 1.69. The number of hydrogen-bond donors (Lipinski definition) is 1. The molecule has 0 saturated carbocycles. The van der Waals surface area contributed by atoms with Crippen molar-refractivity contribution in [2.45, 2.75) is 38.8 Å². The summed E-state index contributed by atoms with van der Waals surface area (Å²) in [6, 6.07) is 0. The first-order chi connectivity index (χ1) is 6.13. The Bertz CT molecular complexity index is 140. The van der Waals surface area contributed by atoms with Crippen LogP contribution in [-0.2, 0) is 4.79 Å². The van der Waals surface area contributed by atoms with Crippen LogP contribution in [0.2, 0.25) is 0 Å². The summed E-state index contributed by atoms with van der Waals surface area (Å²) in [5, 5.41) is 8.32. The third-order valence-electron chi connectivity index (χ3n) is 1.62. The van der Waals surface area contributed by atoms with Crippen LogP contribution in [-0.4, -0.2) is 28.8 Å². The predicted octanol–water partition coefficient (Wildman–Crippen LogP) is 2.72. The van der Waals surface area contributed by atoms with Gasteiger partial charge in [-0.05, 0) is 25.5 Å². The van der Waals surface area contributed by atoms with Crippen LogP contribution < -0.4 is 0 Å². The maximum Gasteiger partial charge on any atom is 0.313 e. The van der Waals surface area contributed by atoms with Gasteiger partial charge in [-0.2, -0.15) is 11.8 Å². The smallest absolute Gasteiger partial charge is 0.313 e. The molecule has 13 heavy (non-hydrogen) atoms. The van der Waals surface area contributed by atoms with Crippen LogP contribution in [0, 0.1) is 0 Å². The van der Waals surface area contributed by atoms with Gasteiger partial charge in [0, 0.05) is 0 Å². The summed E-state index contributed by atoms with van der Waals surface area (Å²) in [4.78, 5) is 10.1. The molecule has 2 nitrogen and oxygen atoms in total. The Balaban J connectivity index is 2.96. The van der Waals surface area contributed by atoms with E-state index in [-0.39, 0.29) is 5.75 Å². The van der Waals surface area contributed by atoms with Crippen molar-refractivity contribution in [1.82, 2.24) is 0 Å². The molecule has 0 saturated heterocycles. The summed E-state index contributed by atoms with van der Waals surface area (Å²) < 4.78 is 12.3. The minimum absolute atomic E-state index is 0.180. The first-order valence-corrected chi connectivity index (χ1v) is 5.72. The van der Waals surface area contributed by atoms with Gasteiger partial charge in [-0.1, -0.05) is 12.8 Å². The fraction of sp³-hybridized carbons (Fsp3) is 0.889. The van der Waals surface area contributed by atoms with Crippen LogP contribution in [0.5, 0.6) is 0 Å². The molecule has 1 unspecified atom stereocenters. The lowest BCUT2D eigenvalue weighted by Gasteiger charge is -2.01. The van der Waals surface area contributed by atoms with E-state index in [0.29, 0.717) is 6.42 Å². The van der Waals surface area contributed by atoms with Crippen molar-refractivity contribution in [3.8, 4) is 0 Å². The molecule has 0 aliphatic carbocycles. The topological polar surface area (TPSA) is 37.3 Å². The molecule has 0 amide bonds. The lowest BCUT2D eigenvalue weighted by Crippen LogP contribution is -1.98. The Hall–Kier alpha value is -0.250. The summed E-state index contributed by atoms with van der Waals surface area (Å²) in [5.74, 6) is 0.286. The molecule has 0 aliphatic rings. The average Bonchev–Trinajstić information content (AvgIpc) is 2.01. The van der Waals surface area contributed by atoms with Crippen LogP contribution in [0.1, 0.15) is 32.6 Å². The molecule has 0 bridgehead atoms. The van der Waals surface area contributed by atoms with Crippen LogP contribution in [0.25, 0.3) is 0 Å². The molecule has 1 N–H and O–H groups in total. The zero-order valence-corrected chi connectivity index (χ0v) is 8.78. The van der Waals surface area contributed by atoms with Crippen molar-refractivity contribution >= 4 is 17.7 Å². The van der Waals surface area contributed by atoms with E-state index in [0.717, 1.165) is 25.0 Å². The van der Waals surface area contributed by atoms with Crippen molar-refractivity contribution in [3.05, 3.63) is 0 Å². The Labute approximate surface area is 82.9 Å². The van der Waals surface area contributed by atoms with E-state index >= 15 is 0 Å². The van der Waals surface area contributed by atoms with Crippen LogP contribution in [0.15, 0.2) is 0 Å². The van der Waals surface area contributed by atoms with Crippen molar-refractivity contribution in [2.24, 2.45) is 0 Å². The predicted molar refractivity (Wildman–Crippen MR) is 54.0 cm³/mol. The van der Waals surface area contributed by atoms with Crippen LogP contribution in [0.3, 0.4) is 0 Å². The van der Waals surface area contributed by atoms with E-state index in [1.165, 1.54) is 11.8 Å². The lowest BCUT2D eigenvalue weighted by atomic mass is 10.1. The summed E-state index contributed by atoms with van der Waals surface area (Å²) in [7, 11) is 0. The monoisotopic (exact) mass is 208 g/mol. The summed E-state index contributed by atoms with van der Waals surface area (Å²) in [6.07, 6.45) is 2.83. The van der Waals surface area contributed by atoms with Gasteiger partial charge in [0.2, 0.25) is 0 Å². The molecule has 0 aromatic rings. The maximum absolute atomic E-state index is 12.3. The number of aliphatic carboxylic acids is 1. The highest BCUT2D eigenvalue weighted by molar-refractivity contribution is 7.99. The van der Waals surface area contributed by atoms with Gasteiger partial charge in [-0.15, -0.1) is 0 Å². The van der Waals surface area contributed by atoms with Gasteiger partial charge in [0.05, 0.1) is 11.9 Å². The molecular weight excluding hydrogens is 191 g/mol. The largest absolute Gasteiger partial charge is 0.481 e. The van der Waals surface area contributed by atoms with Crippen molar-refractivity contribution in [3.63, 3.8) is 0 Å². The highest BCUT2D eigenvalue weighted by Gasteiger charge is 1.98. The molecule has 0 rings (SSSR count). The molecular formula is C9H17FO2S. The second-order valence-electron chi connectivity index (χ2n) is 3.08. The van der Waals surface area contributed by atoms with E-state index in [4.69, 9.17) is 5.11 Å². The number of rotatable bonds is 8. The SMILES string of the molecule is CC(F)CCCCCSCC(=O)O. The number of carboxylic acid groups (broad SMARTS) is 1. The molecule has 78 valence electrons. The van der Waals surface area contributed by atoms with Gasteiger partial charge in [0.15, 0.2) is 0 Å². The van der Waals surface area contributed by atoms with Crippen LogP contribution in [0.4, 0.5) is 4.39 Å². The zero-order valence-electron chi connectivity index (χ0n) is 7.96. The van der Waals surface area contributed by atoms with Crippen molar-refractivity contribution < 1.29 is 14.3 Å². The Morgan fingerprint density at radius 3 is 2.69 bits per heavy atom. The molecule has 0 aromatic heterocycles.